The number of amides is 1. The second kappa shape index (κ2) is 15.6. The molecule has 0 unspecified atom stereocenters. The molecule has 0 aromatic rings. The second-order valence-electron chi connectivity index (χ2n) is 11.6. The molecule has 2 heterocycles. The lowest BCUT2D eigenvalue weighted by atomic mass is 9.95. The van der Waals surface area contributed by atoms with Crippen molar-refractivity contribution < 1.29 is 48.6 Å². The van der Waals surface area contributed by atoms with Gasteiger partial charge in [0.05, 0.1) is 31.4 Å². The van der Waals surface area contributed by atoms with Gasteiger partial charge in [0.2, 0.25) is 5.91 Å². The van der Waals surface area contributed by atoms with Crippen molar-refractivity contribution in [2.45, 2.75) is 139 Å². The lowest BCUT2D eigenvalue weighted by molar-refractivity contribution is -0.302. The van der Waals surface area contributed by atoms with Gasteiger partial charge < -0.3 is 49.6 Å². The van der Waals surface area contributed by atoms with Crippen molar-refractivity contribution in [3.8, 4) is 0 Å². The molecule has 2 aliphatic heterocycles. The maximum Gasteiger partial charge on any atom is 0.345 e. The molecule has 0 aromatic carbocycles. The summed E-state index contributed by atoms with van der Waals surface area (Å²) < 4.78 is 28.7. The quantitative estimate of drug-likeness (QED) is 0.150. The lowest BCUT2D eigenvalue weighted by Gasteiger charge is -2.44. The number of rotatable bonds is 8. The molecule has 0 bridgehead atoms. The molecule has 13 nitrogen and oxygen atoms in total. The smallest absolute Gasteiger partial charge is 0.345 e. The van der Waals surface area contributed by atoms with E-state index in [2.05, 4.69) is 10.6 Å². The first-order valence-electron chi connectivity index (χ1n) is 15.0. The van der Waals surface area contributed by atoms with Crippen molar-refractivity contribution >= 4 is 17.9 Å². The highest BCUT2D eigenvalue weighted by Gasteiger charge is 2.48. The lowest BCUT2D eigenvalue weighted by Crippen LogP contribution is -2.63. The molecule has 4 fully saturated rings. The van der Waals surface area contributed by atoms with Gasteiger partial charge in [-0.2, -0.15) is 0 Å². The molecule has 4 aliphatic rings. The molecule has 0 spiro atoms. The SMILES string of the molecule is CO[C@H]1C[C@@H](O)[C@H](O[C@H]2[C@H](O)[C@@H](CO)OC[C@@H]2NC(C)=O)O[C@@H]1C(=O)OC(=NC1CCCCC1)NC1CCCCC1. The third-order valence-electron chi connectivity index (χ3n) is 8.41. The second-order valence-corrected chi connectivity index (χ2v) is 11.6. The molecule has 234 valence electrons. The van der Waals surface area contributed by atoms with Crippen LogP contribution in [0, 0.1) is 0 Å². The van der Waals surface area contributed by atoms with E-state index in [-0.39, 0.29) is 37.0 Å². The molecule has 1 amide bonds. The van der Waals surface area contributed by atoms with Gasteiger partial charge in [-0.1, -0.05) is 38.5 Å². The maximum atomic E-state index is 13.5. The number of methoxy groups -OCH3 is 1. The van der Waals surface area contributed by atoms with Crippen molar-refractivity contribution in [2.75, 3.05) is 20.3 Å². The van der Waals surface area contributed by atoms with Gasteiger partial charge in [-0.15, -0.1) is 0 Å². The highest BCUT2D eigenvalue weighted by molar-refractivity contribution is 5.90. The Balaban J connectivity index is 1.48. The Labute approximate surface area is 241 Å². The van der Waals surface area contributed by atoms with Crippen LogP contribution in [0.3, 0.4) is 0 Å². The molecule has 2 saturated heterocycles. The third kappa shape index (κ3) is 8.82. The number of amidine groups is 1. The number of aliphatic hydroxyl groups excluding tert-OH is 3. The summed E-state index contributed by atoms with van der Waals surface area (Å²) in [6, 6.07) is -0.346. The number of carbonyl (C=O) groups is 2. The average Bonchev–Trinajstić information content (AvgIpc) is 2.96. The number of esters is 1. The summed E-state index contributed by atoms with van der Waals surface area (Å²) in [5, 5.41) is 37.2. The van der Waals surface area contributed by atoms with Crippen molar-refractivity contribution in [3.05, 3.63) is 0 Å². The van der Waals surface area contributed by atoms with Gasteiger partial charge in [0, 0.05) is 26.5 Å². The summed E-state index contributed by atoms with van der Waals surface area (Å²) in [6.45, 7) is 0.811. The summed E-state index contributed by atoms with van der Waals surface area (Å²) in [6.07, 6.45) is 2.56. The van der Waals surface area contributed by atoms with E-state index in [9.17, 15) is 24.9 Å². The minimum absolute atomic E-state index is 0.000362. The van der Waals surface area contributed by atoms with Gasteiger partial charge in [0.15, 0.2) is 12.4 Å². The monoisotopic (exact) mass is 585 g/mol. The predicted octanol–water partition coefficient (Wildman–Crippen LogP) is 0.273. The summed E-state index contributed by atoms with van der Waals surface area (Å²) >= 11 is 0. The van der Waals surface area contributed by atoms with Crippen LogP contribution >= 0.6 is 0 Å². The van der Waals surface area contributed by atoms with Crippen molar-refractivity contribution in [1.82, 2.24) is 10.6 Å². The van der Waals surface area contributed by atoms with E-state index in [4.69, 9.17) is 28.7 Å². The van der Waals surface area contributed by atoms with Crippen LogP contribution in [-0.2, 0) is 33.3 Å². The molecule has 2 saturated carbocycles. The number of hydrogen-bond acceptors (Lipinski definition) is 11. The molecule has 5 N–H and O–H groups in total. The van der Waals surface area contributed by atoms with E-state index in [1.165, 1.54) is 26.9 Å². The van der Waals surface area contributed by atoms with Gasteiger partial charge in [0.25, 0.3) is 6.02 Å². The van der Waals surface area contributed by atoms with E-state index in [1.807, 2.05) is 0 Å². The summed E-state index contributed by atoms with van der Waals surface area (Å²) in [7, 11) is 1.42. The first-order valence-corrected chi connectivity index (χ1v) is 15.0. The number of aliphatic imine (C=N–C) groups is 1. The molecule has 41 heavy (non-hydrogen) atoms. The molecule has 0 radical (unpaired) electrons. The Morgan fingerprint density at radius 1 is 1.00 bits per heavy atom. The van der Waals surface area contributed by atoms with Crippen LogP contribution in [0.2, 0.25) is 0 Å². The fourth-order valence-electron chi connectivity index (χ4n) is 6.14. The highest BCUT2D eigenvalue weighted by atomic mass is 16.7. The molecule has 4 rings (SSSR count). The van der Waals surface area contributed by atoms with Crippen molar-refractivity contribution in [1.29, 1.82) is 0 Å². The first-order chi connectivity index (χ1) is 19.8. The topological polar surface area (TPSA) is 177 Å². The van der Waals surface area contributed by atoms with E-state index in [0.29, 0.717) is 0 Å². The standard InChI is InChI=1S/C28H47N3O10/c1-16(33)29-19-15-38-22(14-32)23(35)24(19)39-27-20(34)13-21(37-2)25(40-27)26(36)41-28(30-17-9-5-3-6-10-17)31-18-11-7-4-8-12-18/h17-25,27,32,34-35H,3-15H2,1-2H3,(H,29,33)(H,30,31)/t19-,20+,21-,22+,23+,24+,25-,27+/m0/s1. The molecule has 0 aromatic heterocycles. The zero-order valence-corrected chi connectivity index (χ0v) is 24.1. The van der Waals surface area contributed by atoms with Crippen LogP contribution in [-0.4, -0.2) is 115 Å². The number of nitrogens with one attached hydrogen (secondary N) is 2. The minimum atomic E-state index is -1.35. The van der Waals surface area contributed by atoms with E-state index in [0.717, 1.165) is 51.4 Å². The Kier molecular flexibility index (Phi) is 12.2. The van der Waals surface area contributed by atoms with E-state index >= 15 is 0 Å². The Morgan fingerprint density at radius 3 is 2.32 bits per heavy atom. The van der Waals surface area contributed by atoms with Crippen LogP contribution in [0.25, 0.3) is 0 Å². The van der Waals surface area contributed by atoms with Gasteiger partial charge in [-0.3, -0.25) is 4.79 Å². The third-order valence-corrected chi connectivity index (χ3v) is 8.41. The molecular weight excluding hydrogens is 538 g/mol. The largest absolute Gasteiger partial charge is 0.394 e. The van der Waals surface area contributed by atoms with Gasteiger partial charge >= 0.3 is 5.97 Å². The maximum absolute atomic E-state index is 13.5. The number of carbonyl (C=O) groups excluding carboxylic acids is 2. The van der Waals surface area contributed by atoms with E-state index < -0.39 is 61.5 Å². The first kappa shape index (κ1) is 32.1. The van der Waals surface area contributed by atoms with Crippen molar-refractivity contribution in [2.24, 2.45) is 4.99 Å². The van der Waals surface area contributed by atoms with Gasteiger partial charge in [0.1, 0.15) is 24.4 Å². The predicted molar refractivity (Wildman–Crippen MR) is 146 cm³/mol. The minimum Gasteiger partial charge on any atom is -0.394 e. The molecular formula is C28H47N3O10. The van der Waals surface area contributed by atoms with Gasteiger partial charge in [-0.25, -0.2) is 9.79 Å². The fraction of sp³-hybridized carbons (Fsp3) is 0.893. The van der Waals surface area contributed by atoms with Gasteiger partial charge in [-0.05, 0) is 25.7 Å². The highest BCUT2D eigenvalue weighted by Crippen LogP contribution is 2.29. The molecule has 8 atom stereocenters. The average molecular weight is 586 g/mol. The Morgan fingerprint density at radius 2 is 1.68 bits per heavy atom. The zero-order chi connectivity index (χ0) is 29.4. The molecule has 2 aliphatic carbocycles. The number of ether oxygens (including phenoxy) is 5. The van der Waals surface area contributed by atoms with Crippen LogP contribution in [0.15, 0.2) is 4.99 Å². The summed E-state index contributed by atoms with van der Waals surface area (Å²) in [4.78, 5) is 30.1. The van der Waals surface area contributed by atoms with Crippen LogP contribution in [0.4, 0.5) is 0 Å². The van der Waals surface area contributed by atoms with Crippen LogP contribution in [0.5, 0.6) is 0 Å². The zero-order valence-electron chi connectivity index (χ0n) is 24.1. The number of hydrogen-bond donors (Lipinski definition) is 5. The van der Waals surface area contributed by atoms with Crippen molar-refractivity contribution in [3.63, 3.8) is 0 Å². The number of nitrogens with zero attached hydrogens (tertiary/aromatic N) is 1. The summed E-state index contributed by atoms with van der Waals surface area (Å²) in [5.41, 5.74) is 0. The fourth-order valence-corrected chi connectivity index (χ4v) is 6.14. The normalized spacial score (nSPS) is 36.0. The van der Waals surface area contributed by atoms with E-state index in [1.54, 1.807) is 0 Å². The van der Waals surface area contributed by atoms with Crippen LogP contribution < -0.4 is 10.6 Å². The number of aliphatic hydroxyl groups is 3. The summed E-state index contributed by atoms with van der Waals surface area (Å²) in [5.74, 6) is -1.10. The Bertz CT molecular complexity index is 879. The Hall–Kier alpha value is -1.87. The molecule has 13 heteroatoms. The van der Waals surface area contributed by atoms with Crippen LogP contribution in [0.1, 0.15) is 77.6 Å².